The van der Waals surface area contributed by atoms with Crippen molar-refractivity contribution < 1.29 is 14.7 Å². The lowest BCUT2D eigenvalue weighted by Gasteiger charge is -2.08. The molecule has 0 unspecified atom stereocenters. The number of carbonyl (C=O) groups is 2. The van der Waals surface area contributed by atoms with Crippen molar-refractivity contribution >= 4 is 56.4 Å². The van der Waals surface area contributed by atoms with Crippen molar-refractivity contribution in [2.45, 2.75) is 6.92 Å². The van der Waals surface area contributed by atoms with E-state index in [4.69, 9.17) is 17.3 Å². The molecule has 0 aliphatic heterocycles. The number of hydrogen-bond donors (Lipinski definition) is 3. The number of carboxylic acids is 1. The molecule has 7 nitrogen and oxygen atoms in total. The first-order valence-corrected chi connectivity index (χ1v) is 8.22. The normalized spacial score (nSPS) is 10.8. The zero-order valence-corrected chi connectivity index (χ0v) is 14.4. The van der Waals surface area contributed by atoms with Crippen LogP contribution in [0, 0.1) is 6.92 Å². The van der Waals surface area contributed by atoms with Crippen LogP contribution >= 0.6 is 22.9 Å². The number of anilines is 2. The fourth-order valence-electron chi connectivity index (χ4n) is 2.32. The molecule has 0 fully saturated rings. The Labute approximate surface area is 150 Å². The number of fused-ring (bicyclic) bond motifs is 1. The fourth-order valence-corrected chi connectivity index (χ4v) is 3.48. The van der Waals surface area contributed by atoms with E-state index in [1.54, 1.807) is 25.1 Å². The fraction of sp³-hybridized carbons (Fsp3) is 0.0625. The molecule has 0 aliphatic rings. The third-order valence-corrected chi connectivity index (χ3v) is 5.23. The van der Waals surface area contributed by atoms with Crippen LogP contribution in [0.5, 0.6) is 0 Å². The molecule has 0 bridgehead atoms. The molecule has 4 N–H and O–H groups in total. The van der Waals surface area contributed by atoms with Crippen LogP contribution in [-0.4, -0.2) is 16.9 Å². The van der Waals surface area contributed by atoms with Gasteiger partial charge in [-0.1, -0.05) is 17.7 Å². The van der Waals surface area contributed by atoms with Gasteiger partial charge in [-0.3, -0.25) is 9.59 Å². The zero-order chi connectivity index (χ0) is 18.3. The minimum Gasteiger partial charge on any atom is -0.545 e. The summed E-state index contributed by atoms with van der Waals surface area (Å²) < 4.78 is 0. The van der Waals surface area contributed by atoms with Crippen LogP contribution in [0.4, 0.5) is 11.4 Å². The quantitative estimate of drug-likeness (QED) is 0.641. The van der Waals surface area contributed by atoms with Gasteiger partial charge < -0.3 is 25.9 Å². The maximum Gasteiger partial charge on any atom is 0.267 e. The molecular weight excluding hydrogens is 366 g/mol. The van der Waals surface area contributed by atoms with E-state index < -0.39 is 23.0 Å². The van der Waals surface area contributed by atoms with Crippen LogP contribution in [0.1, 0.15) is 25.6 Å². The molecule has 0 aliphatic carbocycles. The summed E-state index contributed by atoms with van der Waals surface area (Å²) >= 11 is 6.99. The first-order chi connectivity index (χ1) is 11.8. The highest BCUT2D eigenvalue weighted by atomic mass is 35.5. The molecule has 3 aromatic rings. The number of amides is 1. The Morgan fingerprint density at radius 2 is 2.08 bits per heavy atom. The molecule has 0 saturated heterocycles. The summed E-state index contributed by atoms with van der Waals surface area (Å²) in [5.74, 6) is -2.10. The van der Waals surface area contributed by atoms with E-state index in [9.17, 15) is 19.5 Å². The molecule has 2 heterocycles. The van der Waals surface area contributed by atoms with E-state index in [0.717, 1.165) is 17.4 Å². The summed E-state index contributed by atoms with van der Waals surface area (Å²) in [7, 11) is 0. The second-order valence-electron chi connectivity index (χ2n) is 5.25. The van der Waals surface area contributed by atoms with E-state index in [2.05, 4.69) is 10.3 Å². The van der Waals surface area contributed by atoms with E-state index in [-0.39, 0.29) is 16.0 Å². The highest BCUT2D eigenvalue weighted by Gasteiger charge is 2.19. The Morgan fingerprint density at radius 3 is 2.76 bits per heavy atom. The average Bonchev–Trinajstić information content (AvgIpc) is 2.87. The van der Waals surface area contributed by atoms with Gasteiger partial charge in [0.2, 0.25) is 0 Å². The average molecular weight is 377 g/mol. The van der Waals surface area contributed by atoms with E-state index in [1.807, 2.05) is 0 Å². The number of nitrogens with one attached hydrogen (secondary N) is 2. The number of carbonyl (C=O) groups excluding carboxylic acids is 2. The molecule has 9 heteroatoms. The number of nitrogens with two attached hydrogens (primary N) is 1. The standard InChI is InChI=1S/C16H12ClN3O4S/c1-6-9(17)3-2-4-10(6)19-14(22)12-11(18)7-5-8(16(23)24)13(21)20-15(7)25-12/h2-5H,18H2,1H3,(H,19,22)(H,20,21)(H,23,24)/p-1. The molecule has 2 aromatic heterocycles. The summed E-state index contributed by atoms with van der Waals surface area (Å²) in [6.45, 7) is 1.76. The molecule has 1 amide bonds. The van der Waals surface area contributed by atoms with Crippen LogP contribution in [0.3, 0.4) is 0 Å². The summed E-state index contributed by atoms with van der Waals surface area (Å²) in [5, 5.41) is 14.5. The van der Waals surface area contributed by atoms with Crippen LogP contribution in [0.25, 0.3) is 10.2 Å². The zero-order valence-electron chi connectivity index (χ0n) is 12.8. The molecule has 0 spiro atoms. The van der Waals surface area contributed by atoms with Gasteiger partial charge in [-0.2, -0.15) is 0 Å². The van der Waals surface area contributed by atoms with Gasteiger partial charge in [0.05, 0.1) is 17.2 Å². The number of benzene rings is 1. The first-order valence-electron chi connectivity index (χ1n) is 7.02. The Kier molecular flexibility index (Phi) is 4.23. The Bertz CT molecular complexity index is 1090. The van der Waals surface area contributed by atoms with Crippen molar-refractivity contribution in [2.24, 2.45) is 0 Å². The number of H-pyrrole nitrogens is 1. The number of nitrogen functional groups attached to an aromatic ring is 1. The number of hydrogen-bond acceptors (Lipinski definition) is 6. The van der Waals surface area contributed by atoms with Crippen molar-refractivity contribution in [3.8, 4) is 0 Å². The minimum absolute atomic E-state index is 0.0796. The number of rotatable bonds is 3. The first kappa shape index (κ1) is 17.0. The van der Waals surface area contributed by atoms with Gasteiger partial charge in [0.15, 0.2) is 0 Å². The molecule has 3 rings (SSSR count). The number of aromatic nitrogens is 1. The van der Waals surface area contributed by atoms with E-state index >= 15 is 0 Å². The number of halogens is 1. The highest BCUT2D eigenvalue weighted by Crippen LogP contribution is 2.33. The van der Waals surface area contributed by atoms with Gasteiger partial charge >= 0.3 is 0 Å². The van der Waals surface area contributed by atoms with Gasteiger partial charge in [0.1, 0.15) is 9.71 Å². The van der Waals surface area contributed by atoms with E-state index in [0.29, 0.717) is 21.1 Å². The minimum atomic E-state index is -1.62. The Hall–Kier alpha value is -2.84. The summed E-state index contributed by atoms with van der Waals surface area (Å²) in [6.07, 6.45) is 0. The molecule has 0 radical (unpaired) electrons. The predicted octanol–water partition coefficient (Wildman–Crippen LogP) is 1.75. The lowest BCUT2D eigenvalue weighted by atomic mass is 10.2. The Morgan fingerprint density at radius 1 is 1.36 bits per heavy atom. The van der Waals surface area contributed by atoms with Crippen molar-refractivity contribution in [1.82, 2.24) is 4.98 Å². The van der Waals surface area contributed by atoms with Crippen LogP contribution in [0.2, 0.25) is 5.02 Å². The number of aromatic amines is 1. The van der Waals surface area contributed by atoms with Crippen molar-refractivity contribution in [2.75, 3.05) is 11.1 Å². The molecule has 0 atom stereocenters. The van der Waals surface area contributed by atoms with Gasteiger partial charge in [0.25, 0.3) is 11.5 Å². The van der Waals surface area contributed by atoms with Gasteiger partial charge in [-0.05, 0) is 30.7 Å². The third-order valence-electron chi connectivity index (χ3n) is 3.69. The lowest BCUT2D eigenvalue weighted by molar-refractivity contribution is -0.255. The monoisotopic (exact) mass is 376 g/mol. The van der Waals surface area contributed by atoms with Crippen molar-refractivity contribution in [1.29, 1.82) is 0 Å². The topological polar surface area (TPSA) is 128 Å². The maximum atomic E-state index is 12.5. The van der Waals surface area contributed by atoms with Gasteiger partial charge in [-0.25, -0.2) is 0 Å². The van der Waals surface area contributed by atoms with Crippen LogP contribution < -0.4 is 21.7 Å². The molecule has 25 heavy (non-hydrogen) atoms. The van der Waals surface area contributed by atoms with Crippen LogP contribution in [0.15, 0.2) is 29.1 Å². The molecule has 128 valence electrons. The third kappa shape index (κ3) is 2.97. The number of pyridine rings is 1. The van der Waals surface area contributed by atoms with Gasteiger partial charge in [0, 0.05) is 16.1 Å². The maximum absolute atomic E-state index is 12.5. The van der Waals surface area contributed by atoms with Crippen molar-refractivity contribution in [3.05, 3.63) is 55.6 Å². The SMILES string of the molecule is Cc1c(Cl)cccc1NC(=O)c1sc2[nH]c(=O)c(C(=O)[O-])cc2c1N. The van der Waals surface area contributed by atoms with E-state index in [1.165, 1.54) is 0 Å². The number of thiophene rings is 1. The summed E-state index contributed by atoms with van der Waals surface area (Å²) in [5.41, 5.74) is 5.91. The summed E-state index contributed by atoms with van der Waals surface area (Å²) in [6, 6.07) is 6.20. The predicted molar refractivity (Wildman–Crippen MR) is 95.3 cm³/mol. The number of aromatic carboxylic acids is 1. The molecule has 1 aromatic carbocycles. The molecular formula is C16H11ClN3O4S-. The smallest absolute Gasteiger partial charge is 0.267 e. The largest absolute Gasteiger partial charge is 0.545 e. The second kappa shape index (κ2) is 6.23. The Balaban J connectivity index is 2.05. The van der Waals surface area contributed by atoms with Gasteiger partial charge in [-0.15, -0.1) is 11.3 Å². The lowest BCUT2D eigenvalue weighted by Crippen LogP contribution is -2.29. The second-order valence-corrected chi connectivity index (χ2v) is 6.68. The highest BCUT2D eigenvalue weighted by molar-refractivity contribution is 7.21. The summed E-state index contributed by atoms with van der Waals surface area (Å²) in [4.78, 5) is 38.1. The van der Waals surface area contributed by atoms with Crippen molar-refractivity contribution in [3.63, 3.8) is 0 Å². The number of carboxylic acid groups (broad SMARTS) is 1. The molecule has 0 saturated carbocycles. The van der Waals surface area contributed by atoms with Crippen LogP contribution in [-0.2, 0) is 0 Å².